The number of nitrogens with zero attached hydrogens (tertiary/aromatic N) is 1. The van der Waals surface area contributed by atoms with Gasteiger partial charge in [0, 0.05) is 6.07 Å². The Balaban J connectivity index is 2.45. The zero-order chi connectivity index (χ0) is 10.8. The van der Waals surface area contributed by atoms with Gasteiger partial charge >= 0.3 is 0 Å². The van der Waals surface area contributed by atoms with Crippen LogP contribution in [-0.4, -0.2) is 12.1 Å². The molecule has 1 aromatic carbocycles. The van der Waals surface area contributed by atoms with Gasteiger partial charge in [0.05, 0.1) is 18.9 Å². The summed E-state index contributed by atoms with van der Waals surface area (Å²) < 4.78 is 23.4. The smallest absolute Gasteiger partial charge is 0.292 e. The van der Waals surface area contributed by atoms with Crippen molar-refractivity contribution in [2.75, 3.05) is 7.11 Å². The maximum absolute atomic E-state index is 13.5. The zero-order valence-electron chi connectivity index (χ0n) is 7.83. The first kappa shape index (κ1) is 9.98. The fourth-order valence-electron chi connectivity index (χ4n) is 1.20. The average Bonchev–Trinajstić information content (AvgIpc) is 2.64. The summed E-state index contributed by atoms with van der Waals surface area (Å²) in [5.74, 6) is 0.296. The van der Waals surface area contributed by atoms with Gasteiger partial charge in [-0.25, -0.2) is 9.37 Å². The summed E-state index contributed by atoms with van der Waals surface area (Å²) in [4.78, 5) is 3.68. The predicted octanol–water partition coefficient (Wildman–Crippen LogP) is 3.14. The number of hydrogen-bond donors (Lipinski definition) is 0. The lowest BCUT2D eigenvalue weighted by molar-refractivity contribution is 0.411. The molecule has 0 unspecified atom stereocenters. The largest absolute Gasteiger partial charge is 0.497 e. The lowest BCUT2D eigenvalue weighted by Crippen LogP contribution is -1.86. The van der Waals surface area contributed by atoms with Gasteiger partial charge in [0.15, 0.2) is 5.76 Å². The van der Waals surface area contributed by atoms with Crippen LogP contribution in [0.5, 0.6) is 5.75 Å². The third-order valence-electron chi connectivity index (χ3n) is 1.92. The number of methoxy groups -OCH3 is 1. The molecule has 3 nitrogen and oxygen atoms in total. The predicted molar refractivity (Wildman–Crippen MR) is 53.5 cm³/mol. The maximum Gasteiger partial charge on any atom is 0.292 e. The molecule has 0 radical (unpaired) electrons. The van der Waals surface area contributed by atoms with Gasteiger partial charge in [0.1, 0.15) is 11.6 Å². The minimum atomic E-state index is -0.442. The number of oxazole rings is 1. The van der Waals surface area contributed by atoms with Crippen molar-refractivity contribution in [1.29, 1.82) is 0 Å². The van der Waals surface area contributed by atoms with Crippen molar-refractivity contribution in [3.05, 3.63) is 35.6 Å². The summed E-state index contributed by atoms with van der Waals surface area (Å²) in [5, 5.41) is -0.0137. The Morgan fingerprint density at radius 3 is 2.80 bits per heavy atom. The molecule has 5 heteroatoms. The first-order valence-electron chi connectivity index (χ1n) is 4.16. The quantitative estimate of drug-likeness (QED) is 0.791. The van der Waals surface area contributed by atoms with Crippen LogP contribution >= 0.6 is 11.6 Å². The summed E-state index contributed by atoms with van der Waals surface area (Å²) in [7, 11) is 1.47. The summed E-state index contributed by atoms with van der Waals surface area (Å²) in [6, 6.07) is 4.45. The van der Waals surface area contributed by atoms with Crippen molar-refractivity contribution in [3.63, 3.8) is 0 Å². The highest BCUT2D eigenvalue weighted by molar-refractivity contribution is 6.27. The van der Waals surface area contributed by atoms with E-state index in [1.165, 1.54) is 19.4 Å². The third kappa shape index (κ3) is 1.94. The fourth-order valence-corrected chi connectivity index (χ4v) is 1.33. The first-order chi connectivity index (χ1) is 7.20. The van der Waals surface area contributed by atoms with Crippen LogP contribution in [0.1, 0.15) is 0 Å². The Kier molecular flexibility index (Phi) is 2.60. The van der Waals surface area contributed by atoms with Crippen LogP contribution in [0.3, 0.4) is 0 Å². The number of rotatable bonds is 2. The van der Waals surface area contributed by atoms with Crippen LogP contribution in [0.4, 0.5) is 4.39 Å². The molecule has 2 aromatic rings. The Morgan fingerprint density at radius 2 is 2.27 bits per heavy atom. The van der Waals surface area contributed by atoms with Gasteiger partial charge < -0.3 is 9.15 Å². The van der Waals surface area contributed by atoms with Gasteiger partial charge in [-0.05, 0) is 23.7 Å². The minimum Gasteiger partial charge on any atom is -0.497 e. The highest BCUT2D eigenvalue weighted by atomic mass is 35.5. The Hall–Kier alpha value is -1.55. The lowest BCUT2D eigenvalue weighted by Gasteiger charge is -2.02. The van der Waals surface area contributed by atoms with Crippen molar-refractivity contribution < 1.29 is 13.5 Å². The molecule has 0 aliphatic rings. The van der Waals surface area contributed by atoms with E-state index in [4.69, 9.17) is 20.8 Å². The monoisotopic (exact) mass is 227 g/mol. The third-order valence-corrected chi connectivity index (χ3v) is 2.09. The summed E-state index contributed by atoms with van der Waals surface area (Å²) in [6.07, 6.45) is 1.37. The van der Waals surface area contributed by atoms with Crippen LogP contribution in [-0.2, 0) is 0 Å². The fraction of sp³-hybridized carbons (Fsp3) is 0.100. The van der Waals surface area contributed by atoms with Gasteiger partial charge in [-0.3, -0.25) is 0 Å². The van der Waals surface area contributed by atoms with E-state index in [-0.39, 0.29) is 5.35 Å². The molecule has 0 spiro atoms. The topological polar surface area (TPSA) is 35.3 Å². The maximum atomic E-state index is 13.5. The van der Waals surface area contributed by atoms with Crippen LogP contribution in [0.2, 0.25) is 5.35 Å². The second-order valence-corrected chi connectivity index (χ2v) is 3.15. The Morgan fingerprint density at radius 1 is 1.47 bits per heavy atom. The van der Waals surface area contributed by atoms with Crippen molar-refractivity contribution in [2.45, 2.75) is 0 Å². The number of ether oxygens (including phenoxy) is 1. The van der Waals surface area contributed by atoms with E-state index in [0.29, 0.717) is 17.1 Å². The molecular weight excluding hydrogens is 221 g/mol. The lowest BCUT2D eigenvalue weighted by atomic mass is 10.1. The molecule has 0 bridgehead atoms. The second kappa shape index (κ2) is 3.90. The first-order valence-corrected chi connectivity index (χ1v) is 4.54. The van der Waals surface area contributed by atoms with Crippen LogP contribution < -0.4 is 4.74 Å². The van der Waals surface area contributed by atoms with Crippen LogP contribution in [0.25, 0.3) is 11.3 Å². The van der Waals surface area contributed by atoms with Gasteiger partial charge in [0.25, 0.3) is 5.35 Å². The average molecular weight is 228 g/mol. The van der Waals surface area contributed by atoms with Crippen LogP contribution in [0, 0.1) is 5.82 Å². The molecule has 0 saturated carbocycles. The van der Waals surface area contributed by atoms with Gasteiger partial charge in [-0.1, -0.05) is 0 Å². The van der Waals surface area contributed by atoms with E-state index in [2.05, 4.69) is 4.98 Å². The van der Waals surface area contributed by atoms with Crippen molar-refractivity contribution in [2.24, 2.45) is 0 Å². The number of aromatic nitrogens is 1. The number of halogens is 2. The van der Waals surface area contributed by atoms with E-state index >= 15 is 0 Å². The van der Waals surface area contributed by atoms with E-state index in [1.54, 1.807) is 12.1 Å². The highest BCUT2D eigenvalue weighted by Crippen LogP contribution is 2.27. The second-order valence-electron chi connectivity index (χ2n) is 2.82. The van der Waals surface area contributed by atoms with E-state index < -0.39 is 5.82 Å². The standard InChI is InChI=1S/C10H7ClFNO2/c1-14-6-2-3-7(8(12)4-6)9-5-13-10(11)15-9/h2-5H,1H3. The molecule has 15 heavy (non-hydrogen) atoms. The van der Waals surface area contributed by atoms with E-state index in [0.717, 1.165) is 0 Å². The Labute approximate surface area is 90.4 Å². The molecule has 0 amide bonds. The SMILES string of the molecule is COc1ccc(-c2cnc(Cl)o2)c(F)c1. The van der Waals surface area contributed by atoms with E-state index in [1.807, 2.05) is 0 Å². The molecule has 1 heterocycles. The molecule has 78 valence electrons. The highest BCUT2D eigenvalue weighted by Gasteiger charge is 2.10. The molecule has 0 N–H and O–H groups in total. The molecule has 0 aliphatic heterocycles. The van der Waals surface area contributed by atoms with Gasteiger partial charge in [-0.2, -0.15) is 0 Å². The Bertz CT molecular complexity index is 484. The normalized spacial score (nSPS) is 10.3. The molecule has 0 saturated heterocycles. The van der Waals surface area contributed by atoms with Gasteiger partial charge in [-0.15, -0.1) is 0 Å². The van der Waals surface area contributed by atoms with E-state index in [9.17, 15) is 4.39 Å². The molecule has 0 aliphatic carbocycles. The summed E-state index contributed by atoms with van der Waals surface area (Å²) in [6.45, 7) is 0. The molecular formula is C10H7ClFNO2. The minimum absolute atomic E-state index is 0.0137. The van der Waals surface area contributed by atoms with Crippen molar-refractivity contribution >= 4 is 11.6 Å². The molecule has 0 fully saturated rings. The van der Waals surface area contributed by atoms with Crippen LogP contribution in [0.15, 0.2) is 28.8 Å². The summed E-state index contributed by atoms with van der Waals surface area (Å²) in [5.41, 5.74) is 0.301. The number of hydrogen-bond acceptors (Lipinski definition) is 3. The van der Waals surface area contributed by atoms with Crippen molar-refractivity contribution in [3.8, 4) is 17.1 Å². The van der Waals surface area contributed by atoms with Gasteiger partial charge in [0.2, 0.25) is 0 Å². The van der Waals surface area contributed by atoms with Crippen molar-refractivity contribution in [1.82, 2.24) is 4.98 Å². The molecule has 0 atom stereocenters. The zero-order valence-corrected chi connectivity index (χ0v) is 8.58. The molecule has 1 aromatic heterocycles. The number of benzene rings is 1. The molecule has 2 rings (SSSR count). The summed E-state index contributed by atoms with van der Waals surface area (Å²) >= 11 is 5.50.